The lowest BCUT2D eigenvalue weighted by Crippen LogP contribution is -2.44. The Morgan fingerprint density at radius 1 is 1.50 bits per heavy atom. The van der Waals surface area contributed by atoms with Crippen LogP contribution in [0.5, 0.6) is 0 Å². The average molecular weight is 248 g/mol. The third-order valence-corrected chi connectivity index (χ3v) is 3.04. The van der Waals surface area contributed by atoms with Gasteiger partial charge < -0.3 is 9.64 Å². The van der Waals surface area contributed by atoms with Gasteiger partial charge in [-0.25, -0.2) is 5.84 Å². The van der Waals surface area contributed by atoms with E-state index in [4.69, 9.17) is 10.6 Å². The molecule has 5 heteroatoms. The number of nitrogens with zero attached hydrogens (tertiary/aromatic N) is 2. The van der Waals surface area contributed by atoms with Crippen LogP contribution in [0.2, 0.25) is 0 Å². The molecule has 0 spiro atoms. The number of methoxy groups -OCH3 is 1. The van der Waals surface area contributed by atoms with Crippen LogP contribution < -0.4 is 16.2 Å². The van der Waals surface area contributed by atoms with Crippen LogP contribution in [-0.2, 0) is 11.2 Å². The molecule has 5 nitrogen and oxygen atoms in total. The molecular weight excluding hydrogens is 228 g/mol. The highest BCUT2D eigenvalue weighted by molar-refractivity contribution is 5.97. The molecule has 18 heavy (non-hydrogen) atoms. The number of nitrogens with one attached hydrogen (secondary N) is 1. The summed E-state index contributed by atoms with van der Waals surface area (Å²) in [6.07, 6.45) is 1.94. The molecule has 1 heterocycles. The highest BCUT2D eigenvalue weighted by Gasteiger charge is 2.21. The second-order valence-corrected chi connectivity index (χ2v) is 4.23. The summed E-state index contributed by atoms with van der Waals surface area (Å²) in [6, 6.07) is 8.35. The maximum absolute atomic E-state index is 5.57. The van der Waals surface area contributed by atoms with Crippen LogP contribution >= 0.6 is 0 Å². The smallest absolute Gasteiger partial charge is 0.212 e. The SMILES string of the molecule is COCCCN=C(NN)N1CCc2ccccc21. The van der Waals surface area contributed by atoms with Crippen molar-refractivity contribution in [3.63, 3.8) is 0 Å². The number of ether oxygens (including phenoxy) is 1. The number of fused-ring (bicyclic) bond motifs is 1. The van der Waals surface area contributed by atoms with Crippen molar-refractivity contribution in [2.45, 2.75) is 12.8 Å². The van der Waals surface area contributed by atoms with E-state index in [1.165, 1.54) is 11.3 Å². The Kier molecular flexibility index (Phi) is 4.55. The molecule has 0 saturated heterocycles. The van der Waals surface area contributed by atoms with E-state index in [9.17, 15) is 0 Å². The van der Waals surface area contributed by atoms with Crippen LogP contribution in [0.4, 0.5) is 5.69 Å². The fraction of sp³-hybridized carbons (Fsp3) is 0.462. The zero-order valence-corrected chi connectivity index (χ0v) is 10.7. The molecule has 0 fully saturated rings. The molecule has 1 aliphatic rings. The predicted molar refractivity (Wildman–Crippen MR) is 73.6 cm³/mol. The summed E-state index contributed by atoms with van der Waals surface area (Å²) < 4.78 is 5.00. The van der Waals surface area contributed by atoms with Crippen LogP contribution in [0.15, 0.2) is 29.3 Å². The van der Waals surface area contributed by atoms with Gasteiger partial charge >= 0.3 is 0 Å². The maximum Gasteiger partial charge on any atom is 0.212 e. The van der Waals surface area contributed by atoms with E-state index in [1.807, 2.05) is 6.07 Å². The third-order valence-electron chi connectivity index (χ3n) is 3.04. The molecule has 0 unspecified atom stereocenters. The summed E-state index contributed by atoms with van der Waals surface area (Å²) in [6.45, 7) is 2.36. The quantitative estimate of drug-likeness (QED) is 0.273. The molecule has 0 saturated carbocycles. The fourth-order valence-electron chi connectivity index (χ4n) is 2.16. The average Bonchev–Trinajstić information content (AvgIpc) is 2.83. The number of anilines is 1. The maximum atomic E-state index is 5.57. The number of hydrogen-bond donors (Lipinski definition) is 2. The standard InChI is InChI=1S/C13H20N4O/c1-18-10-4-8-15-13(16-14)17-9-7-11-5-2-3-6-12(11)17/h2-3,5-6H,4,7-10,14H2,1H3,(H,15,16). The van der Waals surface area contributed by atoms with Gasteiger partial charge in [-0.2, -0.15) is 0 Å². The van der Waals surface area contributed by atoms with Crippen LogP contribution in [0, 0.1) is 0 Å². The van der Waals surface area contributed by atoms with Crippen LogP contribution in [0.3, 0.4) is 0 Å². The molecule has 1 aliphatic heterocycles. The Hall–Kier alpha value is -1.59. The molecule has 0 aliphatic carbocycles. The number of hydrazine groups is 1. The summed E-state index contributed by atoms with van der Waals surface area (Å²) in [5.41, 5.74) is 5.24. The van der Waals surface area contributed by atoms with Gasteiger partial charge in [0.15, 0.2) is 0 Å². The fourth-order valence-corrected chi connectivity index (χ4v) is 2.16. The van der Waals surface area contributed by atoms with E-state index in [1.54, 1.807) is 7.11 Å². The molecular formula is C13H20N4O. The molecule has 0 amide bonds. The van der Waals surface area contributed by atoms with Crippen LogP contribution in [0.1, 0.15) is 12.0 Å². The Labute approximate surface area is 108 Å². The van der Waals surface area contributed by atoms with E-state index in [2.05, 4.69) is 33.5 Å². The Balaban J connectivity index is 2.05. The molecule has 1 aromatic carbocycles. The number of hydrogen-bond acceptors (Lipinski definition) is 3. The molecule has 1 aromatic rings. The molecule has 0 atom stereocenters. The first kappa shape index (κ1) is 12.9. The lowest BCUT2D eigenvalue weighted by molar-refractivity contribution is 0.197. The van der Waals surface area contributed by atoms with Gasteiger partial charge in [-0.15, -0.1) is 0 Å². The van der Waals surface area contributed by atoms with E-state index in [0.717, 1.165) is 32.0 Å². The minimum Gasteiger partial charge on any atom is -0.385 e. The van der Waals surface area contributed by atoms with Crippen molar-refractivity contribution >= 4 is 11.6 Å². The number of benzene rings is 1. The second-order valence-electron chi connectivity index (χ2n) is 4.23. The predicted octanol–water partition coefficient (Wildman–Crippen LogP) is 0.905. The van der Waals surface area contributed by atoms with E-state index >= 15 is 0 Å². The summed E-state index contributed by atoms with van der Waals surface area (Å²) in [4.78, 5) is 6.61. The van der Waals surface area contributed by atoms with Crippen molar-refractivity contribution in [1.29, 1.82) is 0 Å². The van der Waals surface area contributed by atoms with Crippen molar-refractivity contribution in [1.82, 2.24) is 5.43 Å². The van der Waals surface area contributed by atoms with Gasteiger partial charge in [-0.1, -0.05) is 18.2 Å². The summed E-state index contributed by atoms with van der Waals surface area (Å²) in [5.74, 6) is 6.30. The summed E-state index contributed by atoms with van der Waals surface area (Å²) in [7, 11) is 1.70. The monoisotopic (exact) mass is 248 g/mol. The van der Waals surface area contributed by atoms with Gasteiger partial charge in [0, 0.05) is 32.5 Å². The zero-order valence-electron chi connectivity index (χ0n) is 10.7. The Morgan fingerprint density at radius 3 is 3.11 bits per heavy atom. The largest absolute Gasteiger partial charge is 0.385 e. The highest BCUT2D eigenvalue weighted by atomic mass is 16.5. The highest BCUT2D eigenvalue weighted by Crippen LogP contribution is 2.27. The van der Waals surface area contributed by atoms with Gasteiger partial charge in [0.2, 0.25) is 5.96 Å². The first-order chi connectivity index (χ1) is 8.86. The van der Waals surface area contributed by atoms with Crippen molar-refractivity contribution < 1.29 is 4.74 Å². The van der Waals surface area contributed by atoms with E-state index in [0.29, 0.717) is 6.54 Å². The molecule has 0 aromatic heterocycles. The van der Waals surface area contributed by atoms with Gasteiger partial charge in [0.05, 0.1) is 0 Å². The Morgan fingerprint density at radius 2 is 2.33 bits per heavy atom. The van der Waals surface area contributed by atoms with Gasteiger partial charge in [-0.3, -0.25) is 10.4 Å². The molecule has 3 N–H and O–H groups in total. The number of aliphatic imine (C=N–C) groups is 1. The van der Waals surface area contributed by atoms with Crippen LogP contribution in [-0.4, -0.2) is 32.8 Å². The summed E-state index contributed by atoms with van der Waals surface area (Å²) >= 11 is 0. The second kappa shape index (κ2) is 6.37. The van der Waals surface area contributed by atoms with Gasteiger partial charge in [0.25, 0.3) is 0 Å². The lowest BCUT2D eigenvalue weighted by Gasteiger charge is -2.20. The molecule has 98 valence electrons. The van der Waals surface area contributed by atoms with Crippen molar-refractivity contribution in [3.8, 4) is 0 Å². The van der Waals surface area contributed by atoms with Crippen molar-refractivity contribution in [2.24, 2.45) is 10.8 Å². The molecule has 2 rings (SSSR count). The number of guanidine groups is 1. The number of rotatable bonds is 4. The minimum atomic E-state index is 0.714. The van der Waals surface area contributed by atoms with Crippen molar-refractivity contribution in [3.05, 3.63) is 29.8 Å². The lowest BCUT2D eigenvalue weighted by atomic mass is 10.2. The first-order valence-electron chi connectivity index (χ1n) is 6.22. The van der Waals surface area contributed by atoms with E-state index < -0.39 is 0 Å². The van der Waals surface area contributed by atoms with Gasteiger partial charge in [-0.05, 0) is 24.5 Å². The number of nitrogens with two attached hydrogens (primary N) is 1. The van der Waals surface area contributed by atoms with Crippen molar-refractivity contribution in [2.75, 3.05) is 31.7 Å². The summed E-state index contributed by atoms with van der Waals surface area (Å²) in [5, 5.41) is 0. The van der Waals surface area contributed by atoms with Crippen LogP contribution in [0.25, 0.3) is 0 Å². The van der Waals surface area contributed by atoms with Gasteiger partial charge in [0.1, 0.15) is 0 Å². The minimum absolute atomic E-state index is 0.714. The zero-order chi connectivity index (χ0) is 12.8. The first-order valence-corrected chi connectivity index (χ1v) is 6.22. The normalized spacial score (nSPS) is 14.8. The molecule has 0 bridgehead atoms. The van der Waals surface area contributed by atoms with E-state index in [-0.39, 0.29) is 0 Å². The molecule has 0 radical (unpaired) electrons. The number of para-hydroxylation sites is 1. The Bertz CT molecular complexity index is 419. The third kappa shape index (κ3) is 2.80. The topological polar surface area (TPSA) is 62.9 Å².